The van der Waals surface area contributed by atoms with E-state index in [9.17, 15) is 14.4 Å². The molecule has 3 rings (SSSR count). The Morgan fingerprint density at radius 3 is 2.55 bits per heavy atom. The van der Waals surface area contributed by atoms with Crippen molar-refractivity contribution >= 4 is 57.5 Å². The second-order valence-electron chi connectivity index (χ2n) is 7.34. The number of esters is 1. The number of benzene rings is 2. The highest BCUT2D eigenvalue weighted by atomic mass is 127. The van der Waals surface area contributed by atoms with Gasteiger partial charge in [-0.2, -0.15) is 0 Å². The van der Waals surface area contributed by atoms with Crippen LogP contribution in [0.25, 0.3) is 6.08 Å². The van der Waals surface area contributed by atoms with E-state index in [2.05, 4.69) is 22.6 Å². The van der Waals surface area contributed by atoms with Gasteiger partial charge in [0.15, 0.2) is 11.5 Å². The van der Waals surface area contributed by atoms with Crippen LogP contribution in [0.5, 0.6) is 11.5 Å². The van der Waals surface area contributed by atoms with Gasteiger partial charge < -0.3 is 14.2 Å². The van der Waals surface area contributed by atoms with Gasteiger partial charge in [-0.3, -0.25) is 19.3 Å². The number of hydrogen-bond donors (Lipinski definition) is 0. The summed E-state index contributed by atoms with van der Waals surface area (Å²) in [4.78, 5) is 38.0. The maximum Gasteiger partial charge on any atom is 0.326 e. The highest BCUT2D eigenvalue weighted by molar-refractivity contribution is 14.1. The number of carbonyl (C=O) groups is 3. The van der Waals surface area contributed by atoms with Crippen LogP contribution in [-0.2, 0) is 20.9 Å². The maximum atomic E-state index is 12.7. The smallest absolute Gasteiger partial charge is 0.326 e. The zero-order chi connectivity index (χ0) is 24.0. The van der Waals surface area contributed by atoms with E-state index < -0.39 is 23.7 Å². The Morgan fingerprint density at radius 2 is 1.88 bits per heavy atom. The fourth-order valence-corrected chi connectivity index (χ4v) is 4.64. The largest absolute Gasteiger partial charge is 0.490 e. The third kappa shape index (κ3) is 6.73. The SMILES string of the molecule is CCOc1cc(/C=C2\SC(=O)N(CC(=O)OC(C)C)C2=O)cc(I)c1OCc1ccccc1. The zero-order valence-electron chi connectivity index (χ0n) is 18.5. The normalized spacial score (nSPS) is 14.8. The van der Waals surface area contributed by atoms with Crippen LogP contribution >= 0.6 is 34.4 Å². The lowest BCUT2D eigenvalue weighted by Crippen LogP contribution is -2.35. The van der Waals surface area contributed by atoms with E-state index in [1.807, 2.05) is 43.3 Å². The van der Waals surface area contributed by atoms with Crippen molar-refractivity contribution in [1.29, 1.82) is 0 Å². The van der Waals surface area contributed by atoms with Crippen LogP contribution in [0, 0.1) is 3.57 Å². The van der Waals surface area contributed by atoms with Crippen molar-refractivity contribution < 1.29 is 28.6 Å². The van der Waals surface area contributed by atoms with Crippen LogP contribution in [0.4, 0.5) is 4.79 Å². The van der Waals surface area contributed by atoms with E-state index in [4.69, 9.17) is 14.2 Å². The number of amides is 2. The average molecular weight is 581 g/mol. The molecule has 0 aliphatic carbocycles. The van der Waals surface area contributed by atoms with Crippen LogP contribution in [0.2, 0.25) is 0 Å². The van der Waals surface area contributed by atoms with Crippen molar-refractivity contribution in [1.82, 2.24) is 4.90 Å². The van der Waals surface area contributed by atoms with Crippen LogP contribution in [-0.4, -0.2) is 41.3 Å². The van der Waals surface area contributed by atoms with E-state index in [-0.39, 0.29) is 11.0 Å². The highest BCUT2D eigenvalue weighted by Gasteiger charge is 2.36. The molecule has 2 amide bonds. The summed E-state index contributed by atoms with van der Waals surface area (Å²) in [7, 11) is 0. The molecule has 0 saturated carbocycles. The molecule has 0 spiro atoms. The van der Waals surface area contributed by atoms with Crippen LogP contribution in [0.1, 0.15) is 31.9 Å². The van der Waals surface area contributed by atoms with E-state index >= 15 is 0 Å². The number of nitrogens with zero attached hydrogens (tertiary/aromatic N) is 1. The molecule has 33 heavy (non-hydrogen) atoms. The topological polar surface area (TPSA) is 82.1 Å². The van der Waals surface area contributed by atoms with E-state index in [1.165, 1.54) is 0 Å². The molecule has 7 nitrogen and oxygen atoms in total. The molecule has 0 unspecified atom stereocenters. The summed E-state index contributed by atoms with van der Waals surface area (Å²) >= 11 is 2.95. The first-order valence-corrected chi connectivity index (χ1v) is 12.3. The number of thioether (sulfide) groups is 1. The fraction of sp³-hybridized carbons (Fsp3) is 0.292. The summed E-state index contributed by atoms with van der Waals surface area (Å²) in [5.41, 5.74) is 1.72. The van der Waals surface area contributed by atoms with Gasteiger partial charge in [0.25, 0.3) is 11.1 Å². The Hall–Kier alpha value is -2.53. The van der Waals surface area contributed by atoms with Gasteiger partial charge in [-0.25, -0.2) is 0 Å². The summed E-state index contributed by atoms with van der Waals surface area (Å²) < 4.78 is 17.7. The van der Waals surface area contributed by atoms with Crippen molar-refractivity contribution in [3.8, 4) is 11.5 Å². The molecule has 1 aliphatic rings. The highest BCUT2D eigenvalue weighted by Crippen LogP contribution is 2.37. The summed E-state index contributed by atoms with van der Waals surface area (Å²) in [5, 5.41) is -0.505. The van der Waals surface area contributed by atoms with Gasteiger partial charge in [-0.15, -0.1) is 0 Å². The monoisotopic (exact) mass is 581 g/mol. The lowest BCUT2D eigenvalue weighted by molar-refractivity contribution is -0.149. The minimum atomic E-state index is -0.623. The van der Waals surface area contributed by atoms with Crippen LogP contribution in [0.3, 0.4) is 0 Å². The minimum absolute atomic E-state index is 0.230. The Balaban J connectivity index is 1.80. The van der Waals surface area contributed by atoms with Crippen molar-refractivity contribution in [3.05, 3.63) is 62.1 Å². The molecule has 0 radical (unpaired) electrons. The molecule has 0 bridgehead atoms. The number of imide groups is 1. The molecule has 1 aliphatic heterocycles. The summed E-state index contributed by atoms with van der Waals surface area (Å²) in [6.07, 6.45) is 1.29. The molecular weight excluding hydrogens is 557 g/mol. The number of halogens is 1. The number of ether oxygens (including phenoxy) is 3. The lowest BCUT2D eigenvalue weighted by atomic mass is 10.1. The first-order chi connectivity index (χ1) is 15.8. The van der Waals surface area contributed by atoms with E-state index in [0.717, 1.165) is 25.8 Å². The van der Waals surface area contributed by atoms with Gasteiger partial charge in [-0.05, 0) is 84.5 Å². The maximum absolute atomic E-state index is 12.7. The quantitative estimate of drug-likeness (QED) is 0.227. The standard InChI is InChI=1S/C24H24INO6S/c1-4-30-19-11-17(10-18(25)22(19)31-14-16-8-6-5-7-9-16)12-20-23(28)26(24(29)33-20)13-21(27)32-15(2)3/h5-12,15H,4,13-14H2,1-3H3/b20-12-. The predicted molar refractivity (Wildman–Crippen MR) is 135 cm³/mol. The van der Waals surface area contributed by atoms with Crippen molar-refractivity contribution in [2.75, 3.05) is 13.2 Å². The number of hydrogen-bond acceptors (Lipinski definition) is 7. The molecule has 1 heterocycles. The van der Waals surface area contributed by atoms with E-state index in [1.54, 1.807) is 26.0 Å². The second kappa shape index (κ2) is 11.6. The van der Waals surface area contributed by atoms with Crippen LogP contribution < -0.4 is 9.47 Å². The van der Waals surface area contributed by atoms with Crippen LogP contribution in [0.15, 0.2) is 47.4 Å². The summed E-state index contributed by atoms with van der Waals surface area (Å²) in [5.74, 6) is 0.0130. The first kappa shape index (κ1) is 25.1. The van der Waals surface area contributed by atoms with Gasteiger partial charge >= 0.3 is 5.97 Å². The van der Waals surface area contributed by atoms with Gasteiger partial charge in [0.05, 0.1) is 21.2 Å². The van der Waals surface area contributed by atoms with Crippen molar-refractivity contribution in [2.45, 2.75) is 33.5 Å². The minimum Gasteiger partial charge on any atom is -0.490 e. The molecule has 1 fully saturated rings. The second-order valence-corrected chi connectivity index (χ2v) is 9.50. The summed E-state index contributed by atoms with van der Waals surface area (Å²) in [6.45, 7) is 5.71. The lowest BCUT2D eigenvalue weighted by Gasteiger charge is -2.15. The molecule has 0 aromatic heterocycles. The fourth-order valence-electron chi connectivity index (χ4n) is 3.02. The molecule has 0 atom stereocenters. The molecule has 9 heteroatoms. The van der Waals surface area contributed by atoms with Crippen molar-refractivity contribution in [2.24, 2.45) is 0 Å². The van der Waals surface area contributed by atoms with Gasteiger partial charge in [0.1, 0.15) is 13.2 Å². The van der Waals surface area contributed by atoms with Crippen molar-refractivity contribution in [3.63, 3.8) is 0 Å². The van der Waals surface area contributed by atoms with Gasteiger partial charge in [0, 0.05) is 0 Å². The average Bonchev–Trinajstić information content (AvgIpc) is 3.01. The first-order valence-electron chi connectivity index (χ1n) is 10.4. The molecule has 0 N–H and O–H groups in total. The number of carbonyl (C=O) groups excluding carboxylic acids is 3. The third-order valence-corrected chi connectivity index (χ3v) is 6.09. The van der Waals surface area contributed by atoms with E-state index in [0.29, 0.717) is 30.3 Å². The molecule has 174 valence electrons. The Labute approximate surface area is 210 Å². The Morgan fingerprint density at radius 1 is 1.15 bits per heavy atom. The Kier molecular flexibility index (Phi) is 8.79. The summed E-state index contributed by atoms with van der Waals surface area (Å²) in [6, 6.07) is 13.4. The Bertz CT molecular complexity index is 1070. The molecule has 2 aromatic carbocycles. The van der Waals surface area contributed by atoms with Gasteiger partial charge in [-0.1, -0.05) is 30.3 Å². The molecule has 1 saturated heterocycles. The number of rotatable bonds is 9. The third-order valence-electron chi connectivity index (χ3n) is 4.38. The zero-order valence-corrected chi connectivity index (χ0v) is 21.5. The van der Waals surface area contributed by atoms with Gasteiger partial charge in [0.2, 0.25) is 0 Å². The predicted octanol–water partition coefficient (Wildman–Crippen LogP) is 5.26. The molecular formula is C24H24INO6S. The molecule has 2 aromatic rings.